The summed E-state index contributed by atoms with van der Waals surface area (Å²) in [6.07, 6.45) is 1.88. The van der Waals surface area contributed by atoms with Gasteiger partial charge < -0.3 is 9.47 Å². The molecule has 5 nitrogen and oxygen atoms in total. The maximum atomic E-state index is 12.1. The van der Waals surface area contributed by atoms with Crippen molar-refractivity contribution in [2.45, 2.75) is 6.92 Å². The normalized spacial score (nSPS) is 10.6. The van der Waals surface area contributed by atoms with E-state index in [-0.39, 0.29) is 0 Å². The Morgan fingerprint density at radius 1 is 1.18 bits per heavy atom. The van der Waals surface area contributed by atoms with E-state index in [1.54, 1.807) is 14.0 Å². The highest BCUT2D eigenvalue weighted by Crippen LogP contribution is 2.25. The van der Waals surface area contributed by atoms with Gasteiger partial charge in [-0.3, -0.25) is 4.40 Å². The first-order valence-electron chi connectivity index (χ1n) is 7.03. The molecule has 3 aromatic rings. The van der Waals surface area contributed by atoms with Gasteiger partial charge in [-0.2, -0.15) is 0 Å². The zero-order valence-corrected chi connectivity index (χ0v) is 12.4. The monoisotopic (exact) mass is 296 g/mol. The molecule has 1 aromatic carbocycles. The van der Waals surface area contributed by atoms with E-state index in [9.17, 15) is 4.79 Å². The van der Waals surface area contributed by atoms with E-state index in [2.05, 4.69) is 4.98 Å². The molecule has 0 saturated heterocycles. The molecular weight excluding hydrogens is 280 g/mol. The summed E-state index contributed by atoms with van der Waals surface area (Å²) < 4.78 is 12.1. The van der Waals surface area contributed by atoms with Crippen LogP contribution in [0.1, 0.15) is 17.4 Å². The number of ether oxygens (including phenoxy) is 2. The van der Waals surface area contributed by atoms with Crippen LogP contribution in [0.5, 0.6) is 5.75 Å². The van der Waals surface area contributed by atoms with Crippen LogP contribution in [0.25, 0.3) is 16.9 Å². The first-order chi connectivity index (χ1) is 10.7. The highest BCUT2D eigenvalue weighted by molar-refractivity contribution is 5.96. The molecule has 0 amide bonds. The number of nitrogens with zero attached hydrogens (tertiary/aromatic N) is 2. The van der Waals surface area contributed by atoms with Gasteiger partial charge in [-0.1, -0.05) is 6.07 Å². The molecule has 0 fully saturated rings. The molecule has 2 heterocycles. The summed E-state index contributed by atoms with van der Waals surface area (Å²) in [6.45, 7) is 2.10. The molecule has 112 valence electrons. The number of carbonyl (C=O) groups is 1. The van der Waals surface area contributed by atoms with Gasteiger partial charge in [0.05, 0.1) is 19.2 Å². The van der Waals surface area contributed by atoms with Gasteiger partial charge in [0.25, 0.3) is 0 Å². The maximum absolute atomic E-state index is 12.1. The fourth-order valence-corrected chi connectivity index (χ4v) is 2.33. The molecule has 5 heteroatoms. The lowest BCUT2D eigenvalue weighted by Gasteiger charge is -2.03. The topological polar surface area (TPSA) is 52.8 Å². The third-order valence-electron chi connectivity index (χ3n) is 3.37. The minimum absolute atomic E-state index is 0.322. The molecule has 22 heavy (non-hydrogen) atoms. The standard InChI is InChI=1S/C17H16N2O3/c1-3-22-17(20)15-14-6-4-5-11-19(14)16(18-15)12-7-9-13(21-2)10-8-12/h4-11H,3H2,1-2H3. The van der Waals surface area contributed by atoms with Crippen LogP contribution in [0.15, 0.2) is 48.7 Å². The van der Waals surface area contributed by atoms with Crippen molar-refractivity contribution in [3.8, 4) is 17.1 Å². The van der Waals surface area contributed by atoms with Crippen LogP contribution in [0.2, 0.25) is 0 Å². The van der Waals surface area contributed by atoms with Crippen LogP contribution < -0.4 is 4.74 Å². The van der Waals surface area contributed by atoms with Gasteiger partial charge in [0.1, 0.15) is 11.6 Å². The number of aromatic nitrogens is 2. The molecule has 0 unspecified atom stereocenters. The second-order valence-corrected chi connectivity index (χ2v) is 4.69. The third kappa shape index (κ3) is 2.41. The number of carbonyl (C=O) groups excluding carboxylic acids is 1. The summed E-state index contributed by atoms with van der Waals surface area (Å²) in [5.74, 6) is 1.06. The van der Waals surface area contributed by atoms with E-state index < -0.39 is 5.97 Å². The third-order valence-corrected chi connectivity index (χ3v) is 3.37. The Labute approximate surface area is 128 Å². The summed E-state index contributed by atoms with van der Waals surface area (Å²) in [4.78, 5) is 16.6. The lowest BCUT2D eigenvalue weighted by Crippen LogP contribution is -2.05. The summed E-state index contributed by atoms with van der Waals surface area (Å²) >= 11 is 0. The Morgan fingerprint density at radius 2 is 1.95 bits per heavy atom. The van der Waals surface area contributed by atoms with Crippen LogP contribution in [0.3, 0.4) is 0 Å². The van der Waals surface area contributed by atoms with E-state index in [4.69, 9.17) is 9.47 Å². The van der Waals surface area contributed by atoms with Crippen molar-refractivity contribution >= 4 is 11.5 Å². The molecule has 3 rings (SSSR count). The fraction of sp³-hybridized carbons (Fsp3) is 0.176. The van der Waals surface area contributed by atoms with Crippen LogP contribution in [0.4, 0.5) is 0 Å². The van der Waals surface area contributed by atoms with Crippen molar-refractivity contribution in [2.75, 3.05) is 13.7 Å². The Bertz CT molecular complexity index is 806. The second-order valence-electron chi connectivity index (χ2n) is 4.69. The average Bonchev–Trinajstić information content (AvgIpc) is 2.95. The quantitative estimate of drug-likeness (QED) is 0.694. The number of pyridine rings is 1. The van der Waals surface area contributed by atoms with Gasteiger partial charge in [-0.15, -0.1) is 0 Å². The lowest BCUT2D eigenvalue weighted by atomic mass is 10.2. The van der Waals surface area contributed by atoms with Crippen molar-refractivity contribution in [1.29, 1.82) is 0 Å². The van der Waals surface area contributed by atoms with Crippen molar-refractivity contribution in [3.05, 3.63) is 54.4 Å². The molecule has 0 aliphatic heterocycles. The van der Waals surface area contributed by atoms with Crippen LogP contribution >= 0.6 is 0 Å². The van der Waals surface area contributed by atoms with Gasteiger partial charge in [0.2, 0.25) is 0 Å². The first kappa shape index (κ1) is 14.1. The van der Waals surface area contributed by atoms with Crippen molar-refractivity contribution in [3.63, 3.8) is 0 Å². The smallest absolute Gasteiger partial charge is 0.359 e. The van der Waals surface area contributed by atoms with Gasteiger partial charge in [-0.25, -0.2) is 9.78 Å². The highest BCUT2D eigenvalue weighted by atomic mass is 16.5. The number of hydrogen-bond acceptors (Lipinski definition) is 4. The number of benzene rings is 1. The van der Waals surface area contributed by atoms with Gasteiger partial charge in [0.15, 0.2) is 5.69 Å². The number of methoxy groups -OCH3 is 1. The molecule has 0 aliphatic rings. The zero-order valence-electron chi connectivity index (χ0n) is 12.4. The molecule has 0 bridgehead atoms. The van der Waals surface area contributed by atoms with Gasteiger partial charge in [0, 0.05) is 11.8 Å². The molecule has 0 spiro atoms. The minimum atomic E-state index is -0.411. The molecule has 0 radical (unpaired) electrons. The minimum Gasteiger partial charge on any atom is -0.497 e. The molecule has 0 N–H and O–H groups in total. The number of rotatable bonds is 4. The molecule has 0 atom stereocenters. The second kappa shape index (κ2) is 5.89. The van der Waals surface area contributed by atoms with Crippen LogP contribution in [0, 0.1) is 0 Å². The van der Waals surface area contributed by atoms with E-state index in [1.165, 1.54) is 0 Å². The largest absolute Gasteiger partial charge is 0.497 e. The Kier molecular flexibility index (Phi) is 3.78. The number of hydrogen-bond donors (Lipinski definition) is 0. The predicted molar refractivity (Wildman–Crippen MR) is 83.1 cm³/mol. The van der Waals surface area contributed by atoms with E-state index in [0.29, 0.717) is 18.1 Å². The van der Waals surface area contributed by atoms with E-state index in [0.717, 1.165) is 16.8 Å². The SMILES string of the molecule is CCOC(=O)c1nc(-c2ccc(OC)cc2)n2ccccc12. The Hall–Kier alpha value is -2.82. The van der Waals surface area contributed by atoms with Gasteiger partial charge >= 0.3 is 5.97 Å². The number of imidazole rings is 1. The predicted octanol–water partition coefficient (Wildman–Crippen LogP) is 3.19. The van der Waals surface area contributed by atoms with Crippen LogP contribution in [-0.2, 0) is 4.74 Å². The van der Waals surface area contributed by atoms with Crippen LogP contribution in [-0.4, -0.2) is 29.1 Å². The summed E-state index contributed by atoms with van der Waals surface area (Å²) in [5.41, 5.74) is 1.96. The van der Waals surface area contributed by atoms with Gasteiger partial charge in [-0.05, 0) is 43.3 Å². The summed E-state index contributed by atoms with van der Waals surface area (Å²) in [5, 5.41) is 0. The number of esters is 1. The maximum Gasteiger partial charge on any atom is 0.359 e. The molecule has 0 saturated carbocycles. The first-order valence-corrected chi connectivity index (χ1v) is 7.03. The summed E-state index contributed by atoms with van der Waals surface area (Å²) in [6, 6.07) is 13.2. The molecular formula is C17H16N2O3. The van der Waals surface area contributed by atoms with Crippen molar-refractivity contribution < 1.29 is 14.3 Å². The van der Waals surface area contributed by atoms with Crippen molar-refractivity contribution in [2.24, 2.45) is 0 Å². The Balaban J connectivity index is 2.14. The highest BCUT2D eigenvalue weighted by Gasteiger charge is 2.19. The summed E-state index contributed by atoms with van der Waals surface area (Å²) in [7, 11) is 1.62. The zero-order chi connectivity index (χ0) is 15.5. The fourth-order valence-electron chi connectivity index (χ4n) is 2.33. The average molecular weight is 296 g/mol. The van der Waals surface area contributed by atoms with Crippen molar-refractivity contribution in [1.82, 2.24) is 9.38 Å². The van der Waals surface area contributed by atoms with E-state index in [1.807, 2.05) is 53.1 Å². The Morgan fingerprint density at radius 3 is 2.64 bits per heavy atom. The molecule has 0 aliphatic carbocycles. The van der Waals surface area contributed by atoms with E-state index >= 15 is 0 Å². The lowest BCUT2D eigenvalue weighted by molar-refractivity contribution is 0.0522. The molecule has 2 aromatic heterocycles. The number of fused-ring (bicyclic) bond motifs is 1.